The van der Waals surface area contributed by atoms with E-state index < -0.39 is 18.0 Å². The monoisotopic (exact) mass is 251 g/mol. The van der Waals surface area contributed by atoms with Crippen LogP contribution < -0.4 is 4.74 Å². The molecule has 1 atom stereocenters. The number of pyridine rings is 1. The first-order chi connectivity index (χ1) is 7.86. The third-order valence-corrected chi connectivity index (χ3v) is 1.97. The third kappa shape index (κ3) is 3.57. The number of aliphatic hydroxyl groups excluding tert-OH is 1. The second kappa shape index (κ2) is 5.33. The summed E-state index contributed by atoms with van der Waals surface area (Å²) in [6, 6.07) is 0.760. The molecule has 17 heavy (non-hydrogen) atoms. The molecule has 0 spiro atoms. The molecule has 96 valence electrons. The lowest BCUT2D eigenvalue weighted by Gasteiger charge is -2.14. The number of aromatic nitrogens is 1. The lowest BCUT2D eigenvalue weighted by molar-refractivity contribution is -0.141. The van der Waals surface area contributed by atoms with Crippen molar-refractivity contribution >= 4 is 0 Å². The van der Waals surface area contributed by atoms with Crippen molar-refractivity contribution in [3.05, 3.63) is 23.5 Å². The number of methoxy groups -OCH3 is 1. The Bertz CT molecular complexity index is 380. The summed E-state index contributed by atoms with van der Waals surface area (Å²) in [6.07, 6.45) is -4.72. The Hall–Kier alpha value is -1.34. The van der Waals surface area contributed by atoms with Crippen LogP contribution in [0.1, 0.15) is 24.3 Å². The Morgan fingerprint density at radius 1 is 1.47 bits per heavy atom. The maximum Gasteiger partial charge on any atom is 0.433 e. The zero-order valence-corrected chi connectivity index (χ0v) is 9.28. The minimum Gasteiger partial charge on any atom is -0.466 e. The lowest BCUT2D eigenvalue weighted by Crippen LogP contribution is -2.11. The molecule has 0 aliphatic carbocycles. The van der Waals surface area contributed by atoms with E-state index in [2.05, 4.69) is 9.72 Å². The minimum absolute atomic E-state index is 0.0179. The van der Waals surface area contributed by atoms with E-state index in [0.717, 1.165) is 12.3 Å². The number of hydrogen-bond acceptors (Lipinski definition) is 4. The van der Waals surface area contributed by atoms with Crippen molar-refractivity contribution in [2.24, 2.45) is 0 Å². The van der Waals surface area contributed by atoms with Gasteiger partial charge in [0.25, 0.3) is 0 Å². The molecular weight excluding hydrogens is 239 g/mol. The van der Waals surface area contributed by atoms with E-state index in [1.54, 1.807) is 0 Å². The van der Waals surface area contributed by atoms with E-state index in [9.17, 15) is 18.3 Å². The van der Waals surface area contributed by atoms with E-state index in [4.69, 9.17) is 4.74 Å². The molecule has 0 bridgehead atoms. The topological polar surface area (TPSA) is 51.6 Å². The standard InChI is InChI=1S/C10H12F3NO3/c1-6(15)7-3-9(10(11,12)13)14-4-8(7)17-5-16-2/h3-4,6,15H,5H2,1-2H3. The molecule has 0 saturated carbocycles. The van der Waals surface area contributed by atoms with Gasteiger partial charge in [0.05, 0.1) is 12.3 Å². The molecule has 1 N–H and O–H groups in total. The average Bonchev–Trinajstić information content (AvgIpc) is 2.24. The zero-order chi connectivity index (χ0) is 13.1. The summed E-state index contributed by atoms with van der Waals surface area (Å²) >= 11 is 0. The van der Waals surface area contributed by atoms with Crippen LogP contribution >= 0.6 is 0 Å². The van der Waals surface area contributed by atoms with Crippen molar-refractivity contribution < 1.29 is 27.8 Å². The van der Waals surface area contributed by atoms with Gasteiger partial charge in [0, 0.05) is 12.7 Å². The molecular formula is C10H12F3NO3. The highest BCUT2D eigenvalue weighted by atomic mass is 19.4. The van der Waals surface area contributed by atoms with Gasteiger partial charge in [0.1, 0.15) is 11.4 Å². The predicted octanol–water partition coefficient (Wildman–Crippen LogP) is 2.14. The summed E-state index contributed by atoms with van der Waals surface area (Å²) in [5.41, 5.74) is -1.05. The number of halogens is 3. The molecule has 1 rings (SSSR count). The van der Waals surface area contributed by atoms with Crippen LogP contribution in [-0.4, -0.2) is 24.0 Å². The zero-order valence-electron chi connectivity index (χ0n) is 9.28. The van der Waals surface area contributed by atoms with Crippen LogP contribution in [0, 0.1) is 0 Å². The fraction of sp³-hybridized carbons (Fsp3) is 0.500. The second-order valence-corrected chi connectivity index (χ2v) is 3.33. The van der Waals surface area contributed by atoms with Gasteiger partial charge in [-0.2, -0.15) is 13.2 Å². The van der Waals surface area contributed by atoms with E-state index in [1.807, 2.05) is 0 Å². The summed E-state index contributed by atoms with van der Waals surface area (Å²) in [7, 11) is 1.37. The number of rotatable bonds is 4. The van der Waals surface area contributed by atoms with Gasteiger partial charge in [0.2, 0.25) is 0 Å². The molecule has 0 aromatic carbocycles. The van der Waals surface area contributed by atoms with E-state index in [1.165, 1.54) is 14.0 Å². The van der Waals surface area contributed by atoms with Crippen molar-refractivity contribution in [3.8, 4) is 5.75 Å². The molecule has 0 radical (unpaired) electrons. The molecule has 1 aromatic heterocycles. The SMILES string of the molecule is COCOc1cnc(C(F)(F)F)cc1C(C)O. The molecule has 0 amide bonds. The fourth-order valence-corrected chi connectivity index (χ4v) is 1.18. The predicted molar refractivity (Wildman–Crippen MR) is 52.4 cm³/mol. The highest BCUT2D eigenvalue weighted by Crippen LogP contribution is 2.32. The molecule has 1 unspecified atom stereocenters. The Labute approximate surface area is 96.0 Å². The second-order valence-electron chi connectivity index (χ2n) is 3.33. The normalized spacial score (nSPS) is 13.5. The Morgan fingerprint density at radius 2 is 2.12 bits per heavy atom. The Morgan fingerprint density at radius 3 is 2.59 bits per heavy atom. The smallest absolute Gasteiger partial charge is 0.433 e. The van der Waals surface area contributed by atoms with Crippen molar-refractivity contribution in [2.75, 3.05) is 13.9 Å². The van der Waals surface area contributed by atoms with Gasteiger partial charge in [-0.05, 0) is 13.0 Å². The van der Waals surface area contributed by atoms with E-state index in [0.29, 0.717) is 0 Å². The summed E-state index contributed by atoms with van der Waals surface area (Å²) in [6.45, 7) is 1.21. The average molecular weight is 251 g/mol. The molecule has 0 aliphatic heterocycles. The highest BCUT2D eigenvalue weighted by molar-refractivity contribution is 5.34. The summed E-state index contributed by atoms with van der Waals surface area (Å²) < 4.78 is 46.8. The van der Waals surface area contributed by atoms with Gasteiger partial charge in [-0.15, -0.1) is 0 Å². The number of nitrogens with zero attached hydrogens (tertiary/aromatic N) is 1. The quantitative estimate of drug-likeness (QED) is 0.833. The number of alkyl halides is 3. The minimum atomic E-state index is -4.55. The maximum atomic E-state index is 12.4. The summed E-state index contributed by atoms with van der Waals surface area (Å²) in [4.78, 5) is 3.23. The summed E-state index contributed by atoms with van der Waals surface area (Å²) in [5, 5.41) is 9.38. The van der Waals surface area contributed by atoms with Crippen molar-refractivity contribution in [1.29, 1.82) is 0 Å². The molecule has 1 aromatic rings. The molecule has 7 heteroatoms. The van der Waals surface area contributed by atoms with E-state index >= 15 is 0 Å². The fourth-order valence-electron chi connectivity index (χ4n) is 1.18. The van der Waals surface area contributed by atoms with Crippen LogP contribution in [0.2, 0.25) is 0 Å². The maximum absolute atomic E-state index is 12.4. The van der Waals surface area contributed by atoms with Crippen LogP contribution in [0.25, 0.3) is 0 Å². The number of aliphatic hydroxyl groups is 1. The van der Waals surface area contributed by atoms with Gasteiger partial charge < -0.3 is 14.6 Å². The van der Waals surface area contributed by atoms with E-state index in [-0.39, 0.29) is 18.1 Å². The van der Waals surface area contributed by atoms with Crippen molar-refractivity contribution in [3.63, 3.8) is 0 Å². The van der Waals surface area contributed by atoms with Gasteiger partial charge >= 0.3 is 6.18 Å². The first kappa shape index (κ1) is 13.7. The molecule has 1 heterocycles. The lowest BCUT2D eigenvalue weighted by atomic mass is 10.1. The van der Waals surface area contributed by atoms with Crippen LogP contribution in [0.3, 0.4) is 0 Å². The molecule has 0 fully saturated rings. The van der Waals surface area contributed by atoms with Crippen molar-refractivity contribution in [2.45, 2.75) is 19.2 Å². The molecule has 0 saturated heterocycles. The number of ether oxygens (including phenoxy) is 2. The van der Waals surface area contributed by atoms with Crippen LogP contribution in [0.5, 0.6) is 5.75 Å². The van der Waals surface area contributed by atoms with Crippen LogP contribution in [-0.2, 0) is 10.9 Å². The first-order valence-corrected chi connectivity index (χ1v) is 4.73. The molecule has 4 nitrogen and oxygen atoms in total. The number of hydrogen-bond donors (Lipinski definition) is 1. The van der Waals surface area contributed by atoms with Gasteiger partial charge in [0.15, 0.2) is 6.79 Å². The van der Waals surface area contributed by atoms with Crippen LogP contribution in [0.15, 0.2) is 12.3 Å². The van der Waals surface area contributed by atoms with Gasteiger partial charge in [-0.3, -0.25) is 0 Å². The first-order valence-electron chi connectivity index (χ1n) is 4.73. The Kier molecular flexibility index (Phi) is 4.30. The largest absolute Gasteiger partial charge is 0.466 e. The van der Waals surface area contributed by atoms with Gasteiger partial charge in [-0.25, -0.2) is 4.98 Å². The van der Waals surface area contributed by atoms with Crippen LogP contribution in [0.4, 0.5) is 13.2 Å². The summed E-state index contributed by atoms with van der Waals surface area (Å²) in [5.74, 6) is 0.0647. The van der Waals surface area contributed by atoms with Gasteiger partial charge in [-0.1, -0.05) is 0 Å². The third-order valence-electron chi connectivity index (χ3n) is 1.97. The van der Waals surface area contributed by atoms with Crippen molar-refractivity contribution in [1.82, 2.24) is 4.98 Å². The Balaban J connectivity index is 3.08. The molecule has 0 aliphatic rings. The highest BCUT2D eigenvalue weighted by Gasteiger charge is 2.33.